The van der Waals surface area contributed by atoms with Crippen molar-refractivity contribution in [2.24, 2.45) is 11.1 Å². The number of Topliss-reactive ketones (excluding diaryl/α,β-unsaturated/α-hetero) is 1. The van der Waals surface area contributed by atoms with E-state index in [1.165, 1.54) is 0 Å². The third kappa shape index (κ3) is 2.85. The van der Waals surface area contributed by atoms with Crippen molar-refractivity contribution in [3.8, 4) is 0 Å². The Balaban J connectivity index is 2.26. The van der Waals surface area contributed by atoms with Crippen LogP contribution in [0.2, 0.25) is 5.02 Å². The van der Waals surface area contributed by atoms with Crippen molar-refractivity contribution in [3.63, 3.8) is 0 Å². The van der Waals surface area contributed by atoms with Gasteiger partial charge < -0.3 is 9.84 Å². The van der Waals surface area contributed by atoms with Gasteiger partial charge in [0.1, 0.15) is 11.3 Å². The van der Waals surface area contributed by atoms with E-state index in [2.05, 4.69) is 0 Å². The molecular weight excluding hydrogens is 330 g/mol. The molecule has 1 unspecified atom stereocenters. The number of aliphatic carboxylic acids is 1. The second-order valence-corrected chi connectivity index (χ2v) is 7.31. The van der Waals surface area contributed by atoms with Crippen molar-refractivity contribution in [1.29, 1.82) is 0 Å². The minimum absolute atomic E-state index is 0.107. The van der Waals surface area contributed by atoms with E-state index in [0.29, 0.717) is 40.3 Å². The van der Waals surface area contributed by atoms with Gasteiger partial charge in [0.25, 0.3) is 0 Å². The quantitative estimate of drug-likeness (QED) is 0.857. The van der Waals surface area contributed by atoms with E-state index in [9.17, 15) is 14.7 Å². The van der Waals surface area contributed by atoms with Crippen LogP contribution in [-0.2, 0) is 14.3 Å². The number of rotatable bonds is 2. The fourth-order valence-corrected chi connectivity index (χ4v) is 3.40. The maximum absolute atomic E-state index is 12.7. The maximum atomic E-state index is 12.7. The molecule has 1 aromatic carbocycles. The first kappa shape index (κ1) is 16.7. The zero-order chi connectivity index (χ0) is 17.6. The lowest BCUT2D eigenvalue weighted by atomic mass is 9.72. The molecule has 0 bridgehead atoms. The maximum Gasteiger partial charge on any atom is 0.337 e. The van der Waals surface area contributed by atoms with Gasteiger partial charge in [-0.15, -0.1) is 0 Å². The van der Waals surface area contributed by atoms with E-state index in [-0.39, 0.29) is 16.8 Å². The van der Waals surface area contributed by atoms with Crippen LogP contribution in [0.3, 0.4) is 0 Å². The number of carboxylic acid groups (broad SMARTS) is 1. The molecule has 0 radical (unpaired) electrons. The van der Waals surface area contributed by atoms with Crippen molar-refractivity contribution in [1.82, 2.24) is 0 Å². The summed E-state index contributed by atoms with van der Waals surface area (Å²) in [6.07, 6.45) is -0.256. The number of hydrogen-bond acceptors (Lipinski definition) is 4. The van der Waals surface area contributed by atoms with Crippen molar-refractivity contribution in [3.05, 3.63) is 51.8 Å². The largest absolute Gasteiger partial charge is 0.478 e. The van der Waals surface area contributed by atoms with Crippen LogP contribution in [0.5, 0.6) is 0 Å². The number of carboxylic acids is 1. The number of hydrogen-bond donors (Lipinski definition) is 2. The molecular formula is C18H18ClNO4. The Kier molecular flexibility index (Phi) is 4.01. The lowest BCUT2D eigenvalue weighted by molar-refractivity contribution is -0.133. The normalized spacial score (nSPS) is 23.0. The lowest BCUT2D eigenvalue weighted by Gasteiger charge is -2.37. The molecule has 0 spiro atoms. The van der Waals surface area contributed by atoms with Gasteiger partial charge in [-0.3, -0.25) is 10.5 Å². The van der Waals surface area contributed by atoms with Gasteiger partial charge in [0.05, 0.1) is 5.57 Å². The van der Waals surface area contributed by atoms with Crippen LogP contribution < -0.4 is 5.73 Å². The SMILES string of the molecule is CC1(C)CC(=O)C2=C(C1)OC(N)C(C(=O)O)=C2c1ccc(Cl)cc1. The van der Waals surface area contributed by atoms with Crippen LogP contribution in [0.4, 0.5) is 0 Å². The van der Waals surface area contributed by atoms with E-state index in [4.69, 9.17) is 22.1 Å². The Hall–Kier alpha value is -2.11. The monoisotopic (exact) mass is 347 g/mol. The second kappa shape index (κ2) is 5.76. The molecule has 0 aromatic heterocycles. The molecule has 2 aliphatic rings. The van der Waals surface area contributed by atoms with E-state index >= 15 is 0 Å². The third-order valence-corrected chi connectivity index (χ3v) is 4.52. The van der Waals surface area contributed by atoms with Gasteiger partial charge in [-0.05, 0) is 23.1 Å². The highest BCUT2D eigenvalue weighted by Crippen LogP contribution is 2.46. The van der Waals surface area contributed by atoms with E-state index in [1.807, 2.05) is 13.8 Å². The summed E-state index contributed by atoms with van der Waals surface area (Å²) < 4.78 is 5.62. The molecule has 0 saturated carbocycles. The Bertz CT molecular complexity index is 790. The lowest BCUT2D eigenvalue weighted by Crippen LogP contribution is -2.39. The van der Waals surface area contributed by atoms with Crippen molar-refractivity contribution < 1.29 is 19.4 Å². The average Bonchev–Trinajstić information content (AvgIpc) is 2.44. The zero-order valence-corrected chi connectivity index (χ0v) is 14.2. The molecule has 0 saturated heterocycles. The fraction of sp³-hybridized carbons (Fsp3) is 0.333. The summed E-state index contributed by atoms with van der Waals surface area (Å²) in [6.45, 7) is 3.95. The van der Waals surface area contributed by atoms with Crippen LogP contribution in [0.15, 0.2) is 41.2 Å². The summed E-state index contributed by atoms with van der Waals surface area (Å²) in [5.41, 5.74) is 6.85. The molecule has 1 heterocycles. The summed E-state index contributed by atoms with van der Waals surface area (Å²) in [4.78, 5) is 24.5. The Morgan fingerprint density at radius 2 is 1.88 bits per heavy atom. The van der Waals surface area contributed by atoms with Crippen LogP contribution in [0.25, 0.3) is 5.57 Å². The van der Waals surface area contributed by atoms with Crippen LogP contribution in [0.1, 0.15) is 32.3 Å². The second-order valence-electron chi connectivity index (χ2n) is 6.88. The number of nitrogens with two attached hydrogens (primary N) is 1. The summed E-state index contributed by atoms with van der Waals surface area (Å²) in [5, 5.41) is 10.1. The molecule has 24 heavy (non-hydrogen) atoms. The summed E-state index contributed by atoms with van der Waals surface area (Å²) in [7, 11) is 0. The molecule has 5 nitrogen and oxygen atoms in total. The Labute approximate surface area is 144 Å². The topological polar surface area (TPSA) is 89.6 Å². The van der Waals surface area contributed by atoms with E-state index < -0.39 is 12.2 Å². The third-order valence-electron chi connectivity index (χ3n) is 4.27. The first-order chi connectivity index (χ1) is 11.2. The number of ether oxygens (including phenoxy) is 1. The fourth-order valence-electron chi connectivity index (χ4n) is 3.28. The van der Waals surface area contributed by atoms with Gasteiger partial charge >= 0.3 is 5.97 Å². The average molecular weight is 348 g/mol. The Morgan fingerprint density at radius 3 is 2.46 bits per heavy atom. The minimum Gasteiger partial charge on any atom is -0.478 e. The number of halogens is 1. The molecule has 0 fully saturated rings. The summed E-state index contributed by atoms with van der Waals surface area (Å²) in [6, 6.07) is 6.69. The number of ketones is 1. The smallest absolute Gasteiger partial charge is 0.337 e. The van der Waals surface area contributed by atoms with Gasteiger partial charge in [-0.1, -0.05) is 37.6 Å². The highest BCUT2D eigenvalue weighted by molar-refractivity contribution is 6.30. The number of carbonyl (C=O) groups excluding carboxylic acids is 1. The van der Waals surface area contributed by atoms with Crippen LogP contribution in [-0.4, -0.2) is 23.1 Å². The molecule has 126 valence electrons. The van der Waals surface area contributed by atoms with Crippen molar-refractivity contribution in [2.75, 3.05) is 0 Å². The molecule has 1 aliphatic heterocycles. The van der Waals surface area contributed by atoms with E-state index in [1.54, 1.807) is 24.3 Å². The zero-order valence-electron chi connectivity index (χ0n) is 13.4. The molecule has 1 aliphatic carbocycles. The summed E-state index contributed by atoms with van der Waals surface area (Å²) >= 11 is 5.92. The van der Waals surface area contributed by atoms with Gasteiger partial charge in [0.2, 0.25) is 0 Å². The highest BCUT2D eigenvalue weighted by atomic mass is 35.5. The standard InChI is InChI=1S/C18H18ClNO4/c1-18(2)7-11(21)14-12(8-18)24-16(20)15(17(22)23)13(14)9-3-5-10(19)6-4-9/h3-6,16H,7-8,20H2,1-2H3,(H,22,23). The molecule has 1 aromatic rings. The molecule has 3 rings (SSSR count). The Morgan fingerprint density at radius 1 is 1.25 bits per heavy atom. The van der Waals surface area contributed by atoms with Gasteiger partial charge in [-0.25, -0.2) is 4.79 Å². The molecule has 6 heteroatoms. The predicted octanol–water partition coefficient (Wildman–Crippen LogP) is 3.14. The van der Waals surface area contributed by atoms with E-state index in [0.717, 1.165) is 0 Å². The highest BCUT2D eigenvalue weighted by Gasteiger charge is 2.42. The minimum atomic E-state index is -1.20. The summed E-state index contributed by atoms with van der Waals surface area (Å²) in [5.74, 6) is -0.854. The molecule has 3 N–H and O–H groups in total. The van der Waals surface area contributed by atoms with Gasteiger partial charge in [0, 0.05) is 23.4 Å². The van der Waals surface area contributed by atoms with Gasteiger partial charge in [0.15, 0.2) is 12.0 Å². The van der Waals surface area contributed by atoms with Crippen LogP contribution >= 0.6 is 11.6 Å². The first-order valence-electron chi connectivity index (χ1n) is 7.62. The molecule has 0 amide bonds. The number of carbonyl (C=O) groups is 2. The van der Waals surface area contributed by atoms with Gasteiger partial charge in [-0.2, -0.15) is 0 Å². The number of benzene rings is 1. The molecule has 1 atom stereocenters. The predicted molar refractivity (Wildman–Crippen MR) is 90.1 cm³/mol. The number of allylic oxidation sites excluding steroid dienone is 3. The first-order valence-corrected chi connectivity index (χ1v) is 8.00. The van der Waals surface area contributed by atoms with Crippen molar-refractivity contribution in [2.45, 2.75) is 32.9 Å². The van der Waals surface area contributed by atoms with Crippen LogP contribution in [0, 0.1) is 5.41 Å². The van der Waals surface area contributed by atoms with Crippen molar-refractivity contribution >= 4 is 28.9 Å².